The van der Waals surface area contributed by atoms with E-state index in [1.54, 1.807) is 0 Å². The van der Waals surface area contributed by atoms with Gasteiger partial charge in [0.1, 0.15) is 0 Å². The molecule has 0 aromatic rings. The Kier molecular flexibility index (Phi) is 1.46. The zero-order valence-electron chi connectivity index (χ0n) is 6.61. The van der Waals surface area contributed by atoms with Crippen molar-refractivity contribution in [2.45, 2.75) is 25.8 Å². The van der Waals surface area contributed by atoms with Crippen LogP contribution in [0.4, 0.5) is 0 Å². The molecule has 1 saturated carbocycles. The lowest BCUT2D eigenvalue weighted by molar-refractivity contribution is 0.472. The second-order valence-corrected chi connectivity index (χ2v) is 3.91. The maximum atomic E-state index is 3.53. The Morgan fingerprint density at radius 3 is 2.80 bits per heavy atom. The SMILES string of the molecule is CC1CNCC2(CC2)CN1. The van der Waals surface area contributed by atoms with Gasteiger partial charge in [-0.1, -0.05) is 0 Å². The summed E-state index contributed by atoms with van der Waals surface area (Å²) in [5.41, 5.74) is 0.671. The lowest BCUT2D eigenvalue weighted by Gasteiger charge is -2.11. The van der Waals surface area contributed by atoms with Gasteiger partial charge in [-0.15, -0.1) is 0 Å². The summed E-state index contributed by atoms with van der Waals surface area (Å²) in [5.74, 6) is 0. The second-order valence-electron chi connectivity index (χ2n) is 3.91. The van der Waals surface area contributed by atoms with Crippen molar-refractivity contribution < 1.29 is 0 Å². The zero-order valence-corrected chi connectivity index (χ0v) is 6.61. The van der Waals surface area contributed by atoms with Crippen LogP contribution in [0, 0.1) is 5.41 Å². The van der Waals surface area contributed by atoms with Gasteiger partial charge in [0.2, 0.25) is 0 Å². The van der Waals surface area contributed by atoms with Crippen molar-refractivity contribution in [3.63, 3.8) is 0 Å². The van der Waals surface area contributed by atoms with Gasteiger partial charge in [0.15, 0.2) is 0 Å². The number of hydrogen-bond acceptors (Lipinski definition) is 2. The van der Waals surface area contributed by atoms with Crippen molar-refractivity contribution in [2.75, 3.05) is 19.6 Å². The summed E-state index contributed by atoms with van der Waals surface area (Å²) in [4.78, 5) is 0. The van der Waals surface area contributed by atoms with Gasteiger partial charge in [0.05, 0.1) is 0 Å². The van der Waals surface area contributed by atoms with Crippen LogP contribution >= 0.6 is 0 Å². The standard InChI is InChI=1S/C8H16N2/c1-7-4-9-5-8(2-3-8)6-10-7/h7,9-10H,2-6H2,1H3. The predicted octanol–water partition coefficient (Wildman–Crippen LogP) is 0.348. The molecule has 1 atom stereocenters. The Morgan fingerprint density at radius 1 is 1.30 bits per heavy atom. The van der Waals surface area contributed by atoms with E-state index in [0.29, 0.717) is 11.5 Å². The maximum absolute atomic E-state index is 3.53. The summed E-state index contributed by atoms with van der Waals surface area (Å²) in [6.07, 6.45) is 2.86. The van der Waals surface area contributed by atoms with E-state index >= 15 is 0 Å². The first kappa shape index (κ1) is 6.62. The molecule has 2 nitrogen and oxygen atoms in total. The first-order valence-electron chi connectivity index (χ1n) is 4.25. The molecule has 1 aliphatic heterocycles. The highest BCUT2D eigenvalue weighted by Crippen LogP contribution is 2.44. The average molecular weight is 140 g/mol. The lowest BCUT2D eigenvalue weighted by atomic mass is 10.1. The maximum Gasteiger partial charge on any atom is 0.0164 e. The van der Waals surface area contributed by atoms with Crippen molar-refractivity contribution in [3.8, 4) is 0 Å². The van der Waals surface area contributed by atoms with Gasteiger partial charge in [0.25, 0.3) is 0 Å². The molecule has 2 aliphatic rings. The zero-order chi connectivity index (χ0) is 7.03. The highest BCUT2D eigenvalue weighted by Gasteiger charge is 2.42. The fraction of sp³-hybridized carbons (Fsp3) is 1.00. The molecule has 0 aromatic carbocycles. The number of hydrogen-bond donors (Lipinski definition) is 2. The first-order chi connectivity index (χ1) is 4.81. The Balaban J connectivity index is 1.92. The molecule has 1 aliphatic carbocycles. The summed E-state index contributed by atoms with van der Waals surface area (Å²) in [5, 5.41) is 7.02. The molecule has 2 N–H and O–H groups in total. The van der Waals surface area contributed by atoms with E-state index in [4.69, 9.17) is 0 Å². The van der Waals surface area contributed by atoms with Gasteiger partial charge < -0.3 is 10.6 Å². The molecule has 10 heavy (non-hydrogen) atoms. The molecule has 1 unspecified atom stereocenters. The quantitative estimate of drug-likeness (QED) is 0.507. The van der Waals surface area contributed by atoms with Gasteiger partial charge in [-0.25, -0.2) is 0 Å². The molecule has 0 amide bonds. The summed E-state index contributed by atoms with van der Waals surface area (Å²) < 4.78 is 0. The highest BCUT2D eigenvalue weighted by atomic mass is 15.0. The van der Waals surface area contributed by atoms with Crippen LogP contribution in [0.2, 0.25) is 0 Å². The smallest absolute Gasteiger partial charge is 0.0164 e. The summed E-state index contributed by atoms with van der Waals surface area (Å²) in [6, 6.07) is 0.667. The lowest BCUT2D eigenvalue weighted by Crippen LogP contribution is -2.32. The molecule has 1 heterocycles. The van der Waals surface area contributed by atoms with Gasteiger partial charge >= 0.3 is 0 Å². The Bertz CT molecular complexity index is 129. The van der Waals surface area contributed by atoms with Crippen molar-refractivity contribution in [2.24, 2.45) is 5.41 Å². The first-order valence-corrected chi connectivity index (χ1v) is 4.25. The predicted molar refractivity (Wildman–Crippen MR) is 42.0 cm³/mol. The molecule has 0 bridgehead atoms. The van der Waals surface area contributed by atoms with E-state index in [2.05, 4.69) is 17.6 Å². The Labute approximate surface area is 62.4 Å². The third-order valence-corrected chi connectivity index (χ3v) is 2.73. The molecule has 2 heteroatoms. The minimum absolute atomic E-state index is 0.667. The minimum Gasteiger partial charge on any atom is -0.315 e. The van der Waals surface area contributed by atoms with E-state index in [1.165, 1.54) is 25.9 Å². The van der Waals surface area contributed by atoms with Crippen molar-refractivity contribution in [3.05, 3.63) is 0 Å². The minimum atomic E-state index is 0.667. The molecular formula is C8H16N2. The molecule has 1 spiro atoms. The molecule has 58 valence electrons. The van der Waals surface area contributed by atoms with E-state index in [-0.39, 0.29) is 0 Å². The largest absolute Gasteiger partial charge is 0.315 e. The van der Waals surface area contributed by atoms with Crippen LogP contribution < -0.4 is 10.6 Å². The Morgan fingerprint density at radius 2 is 2.10 bits per heavy atom. The third-order valence-electron chi connectivity index (χ3n) is 2.73. The molecule has 2 fully saturated rings. The van der Waals surface area contributed by atoms with Crippen molar-refractivity contribution in [1.29, 1.82) is 0 Å². The normalized spacial score (nSPS) is 37.5. The van der Waals surface area contributed by atoms with E-state index in [9.17, 15) is 0 Å². The van der Waals surface area contributed by atoms with Gasteiger partial charge in [0, 0.05) is 25.7 Å². The molecule has 1 saturated heterocycles. The van der Waals surface area contributed by atoms with Crippen LogP contribution in [-0.4, -0.2) is 25.7 Å². The van der Waals surface area contributed by atoms with E-state index in [1.807, 2.05) is 0 Å². The van der Waals surface area contributed by atoms with E-state index < -0.39 is 0 Å². The van der Waals surface area contributed by atoms with Gasteiger partial charge in [-0.2, -0.15) is 0 Å². The van der Waals surface area contributed by atoms with Crippen LogP contribution in [0.5, 0.6) is 0 Å². The highest BCUT2D eigenvalue weighted by molar-refractivity contribution is 4.98. The molecule has 0 radical (unpaired) electrons. The average Bonchev–Trinajstić information content (AvgIpc) is 2.67. The van der Waals surface area contributed by atoms with Crippen LogP contribution in [0.3, 0.4) is 0 Å². The summed E-state index contributed by atoms with van der Waals surface area (Å²) in [6.45, 7) is 5.86. The van der Waals surface area contributed by atoms with Crippen molar-refractivity contribution >= 4 is 0 Å². The topological polar surface area (TPSA) is 24.1 Å². The number of nitrogens with one attached hydrogen (secondary N) is 2. The molecule has 0 aromatic heterocycles. The van der Waals surface area contributed by atoms with Crippen LogP contribution in [0.1, 0.15) is 19.8 Å². The number of rotatable bonds is 0. The fourth-order valence-electron chi connectivity index (χ4n) is 1.61. The monoisotopic (exact) mass is 140 g/mol. The van der Waals surface area contributed by atoms with Crippen molar-refractivity contribution in [1.82, 2.24) is 10.6 Å². The van der Waals surface area contributed by atoms with Crippen LogP contribution in [0.25, 0.3) is 0 Å². The van der Waals surface area contributed by atoms with E-state index in [0.717, 1.165) is 6.54 Å². The second kappa shape index (κ2) is 2.21. The van der Waals surface area contributed by atoms with Gasteiger partial charge in [-0.3, -0.25) is 0 Å². The van der Waals surface area contributed by atoms with Crippen LogP contribution in [-0.2, 0) is 0 Å². The molecular weight excluding hydrogens is 124 g/mol. The Hall–Kier alpha value is -0.0800. The summed E-state index contributed by atoms with van der Waals surface area (Å²) in [7, 11) is 0. The third kappa shape index (κ3) is 1.18. The molecule has 2 rings (SSSR count). The van der Waals surface area contributed by atoms with Crippen LogP contribution in [0.15, 0.2) is 0 Å². The fourth-order valence-corrected chi connectivity index (χ4v) is 1.61. The van der Waals surface area contributed by atoms with Gasteiger partial charge in [-0.05, 0) is 25.2 Å². The summed E-state index contributed by atoms with van der Waals surface area (Å²) >= 11 is 0.